The Hall–Kier alpha value is -1.13. The van der Waals surface area contributed by atoms with Crippen molar-refractivity contribution in [2.24, 2.45) is 0 Å². The van der Waals surface area contributed by atoms with Crippen LogP contribution < -0.4 is 10.2 Å². The summed E-state index contributed by atoms with van der Waals surface area (Å²) in [6.07, 6.45) is 5.11. The van der Waals surface area contributed by atoms with E-state index >= 15 is 0 Å². The van der Waals surface area contributed by atoms with Gasteiger partial charge in [0.15, 0.2) is 0 Å². The van der Waals surface area contributed by atoms with E-state index in [-0.39, 0.29) is 5.82 Å². The van der Waals surface area contributed by atoms with Crippen molar-refractivity contribution in [3.8, 4) is 0 Å². The number of benzene rings is 1. The molecular weight excluding hydrogens is 255 g/mol. The Labute approximate surface area is 120 Å². The molecule has 110 valence electrons. The van der Waals surface area contributed by atoms with Crippen LogP contribution in [0.3, 0.4) is 0 Å². The van der Waals surface area contributed by atoms with E-state index in [9.17, 15) is 4.39 Å². The Morgan fingerprint density at radius 3 is 3.05 bits per heavy atom. The Morgan fingerprint density at radius 1 is 1.35 bits per heavy atom. The van der Waals surface area contributed by atoms with Gasteiger partial charge in [0.2, 0.25) is 0 Å². The lowest BCUT2D eigenvalue weighted by molar-refractivity contribution is -0.00876. The highest BCUT2D eigenvalue weighted by molar-refractivity contribution is 5.55. The molecular formula is C16H23FN2O. The minimum absolute atomic E-state index is 0.115. The Kier molecular flexibility index (Phi) is 4.22. The quantitative estimate of drug-likeness (QED) is 0.920. The second kappa shape index (κ2) is 6.10. The molecule has 1 N–H and O–H groups in total. The summed E-state index contributed by atoms with van der Waals surface area (Å²) in [6, 6.07) is 5.83. The predicted molar refractivity (Wildman–Crippen MR) is 78.5 cm³/mol. The molecule has 1 saturated heterocycles. The first kappa shape index (κ1) is 13.8. The fraction of sp³-hybridized carbons (Fsp3) is 0.625. The summed E-state index contributed by atoms with van der Waals surface area (Å²) < 4.78 is 20.0. The summed E-state index contributed by atoms with van der Waals surface area (Å²) >= 11 is 0. The predicted octanol–water partition coefficient (Wildman–Crippen LogP) is 2.69. The van der Waals surface area contributed by atoms with Crippen molar-refractivity contribution < 1.29 is 9.13 Å². The molecule has 0 bridgehead atoms. The highest BCUT2D eigenvalue weighted by atomic mass is 19.1. The third-order valence-corrected chi connectivity index (χ3v) is 4.49. The van der Waals surface area contributed by atoms with Crippen LogP contribution in [-0.2, 0) is 11.3 Å². The van der Waals surface area contributed by atoms with E-state index < -0.39 is 0 Å². The zero-order valence-corrected chi connectivity index (χ0v) is 12.1. The number of nitrogens with one attached hydrogen (secondary N) is 1. The summed E-state index contributed by atoms with van der Waals surface area (Å²) in [5.74, 6) is -0.115. The molecule has 0 aromatic heterocycles. The Balaban J connectivity index is 1.92. The Bertz CT molecular complexity index is 464. The van der Waals surface area contributed by atoms with Crippen molar-refractivity contribution >= 4 is 5.69 Å². The number of anilines is 1. The molecule has 2 aliphatic rings. The number of ether oxygens (including phenoxy) is 1. The molecule has 2 fully saturated rings. The maximum absolute atomic E-state index is 14.1. The molecule has 3 nitrogen and oxygen atoms in total. The summed E-state index contributed by atoms with van der Waals surface area (Å²) in [6.45, 7) is 2.18. The summed E-state index contributed by atoms with van der Waals surface area (Å²) in [5, 5.41) is 3.08. The second-order valence-corrected chi connectivity index (χ2v) is 5.72. The molecule has 3 rings (SSSR count). The highest BCUT2D eigenvalue weighted by Crippen LogP contribution is 2.34. The maximum Gasteiger partial charge on any atom is 0.129 e. The van der Waals surface area contributed by atoms with Crippen molar-refractivity contribution in [1.29, 1.82) is 0 Å². The van der Waals surface area contributed by atoms with E-state index in [4.69, 9.17) is 4.74 Å². The van der Waals surface area contributed by atoms with Crippen LogP contribution in [0, 0.1) is 5.82 Å². The molecule has 1 saturated carbocycles. The van der Waals surface area contributed by atoms with Gasteiger partial charge in [-0.2, -0.15) is 0 Å². The fourth-order valence-electron chi connectivity index (χ4n) is 3.56. The van der Waals surface area contributed by atoms with Crippen molar-refractivity contribution in [3.63, 3.8) is 0 Å². The lowest BCUT2D eigenvalue weighted by atomic mass is 9.89. The topological polar surface area (TPSA) is 24.5 Å². The van der Waals surface area contributed by atoms with Crippen molar-refractivity contribution in [2.45, 2.75) is 44.4 Å². The van der Waals surface area contributed by atoms with Crippen LogP contribution in [0.4, 0.5) is 10.1 Å². The normalized spacial score (nSPS) is 26.4. The van der Waals surface area contributed by atoms with E-state index in [1.807, 2.05) is 19.2 Å². The van der Waals surface area contributed by atoms with Crippen molar-refractivity contribution in [3.05, 3.63) is 29.6 Å². The molecule has 2 atom stereocenters. The number of fused-ring (bicyclic) bond motifs is 1. The lowest BCUT2D eigenvalue weighted by Crippen LogP contribution is -2.53. The minimum atomic E-state index is -0.115. The maximum atomic E-state index is 14.1. The van der Waals surface area contributed by atoms with Gasteiger partial charge in [0.05, 0.1) is 18.8 Å². The van der Waals surface area contributed by atoms with E-state index in [1.54, 1.807) is 6.07 Å². The van der Waals surface area contributed by atoms with Gasteiger partial charge in [0.1, 0.15) is 5.82 Å². The second-order valence-electron chi connectivity index (χ2n) is 5.72. The van der Waals surface area contributed by atoms with Gasteiger partial charge in [-0.25, -0.2) is 4.39 Å². The first-order chi connectivity index (χ1) is 9.81. The SMILES string of the molecule is CNCc1c(F)cccc1N1CCOC2CCCCC21. The number of hydrogen-bond donors (Lipinski definition) is 1. The van der Waals surface area contributed by atoms with Crippen LogP contribution in [0.25, 0.3) is 0 Å². The molecule has 1 aromatic rings. The molecule has 1 aliphatic carbocycles. The fourth-order valence-corrected chi connectivity index (χ4v) is 3.56. The van der Waals surface area contributed by atoms with Gasteiger partial charge in [-0.05, 0) is 32.0 Å². The standard InChI is InChI=1S/C16H23FN2O/c1-18-11-12-13(17)5-4-7-14(12)19-9-10-20-16-8-3-2-6-15(16)19/h4-5,7,15-16,18H,2-3,6,8-11H2,1H3. The van der Waals surface area contributed by atoms with Crippen LogP contribution in [0.5, 0.6) is 0 Å². The van der Waals surface area contributed by atoms with Crippen molar-refractivity contribution in [2.75, 3.05) is 25.1 Å². The molecule has 1 aliphatic heterocycles. The van der Waals surface area contributed by atoms with Gasteiger partial charge < -0.3 is 15.0 Å². The minimum Gasteiger partial charge on any atom is -0.374 e. The molecule has 0 spiro atoms. The molecule has 1 aromatic carbocycles. The number of hydrogen-bond acceptors (Lipinski definition) is 3. The van der Waals surface area contributed by atoms with Crippen LogP contribution in [0.15, 0.2) is 18.2 Å². The third kappa shape index (κ3) is 2.54. The summed E-state index contributed by atoms with van der Waals surface area (Å²) in [7, 11) is 1.86. The molecule has 20 heavy (non-hydrogen) atoms. The van der Waals surface area contributed by atoms with Crippen molar-refractivity contribution in [1.82, 2.24) is 5.32 Å². The molecule has 0 radical (unpaired) electrons. The van der Waals surface area contributed by atoms with E-state index in [2.05, 4.69) is 10.2 Å². The van der Waals surface area contributed by atoms with Gasteiger partial charge in [-0.15, -0.1) is 0 Å². The largest absolute Gasteiger partial charge is 0.374 e. The van der Waals surface area contributed by atoms with E-state index in [1.165, 1.54) is 12.8 Å². The van der Waals surface area contributed by atoms with Gasteiger partial charge in [-0.3, -0.25) is 0 Å². The van der Waals surface area contributed by atoms with E-state index in [0.29, 0.717) is 18.7 Å². The van der Waals surface area contributed by atoms with Crippen LogP contribution in [0.2, 0.25) is 0 Å². The van der Waals surface area contributed by atoms with Gasteiger partial charge >= 0.3 is 0 Å². The zero-order valence-electron chi connectivity index (χ0n) is 12.1. The lowest BCUT2D eigenvalue weighted by Gasteiger charge is -2.45. The molecule has 0 amide bonds. The van der Waals surface area contributed by atoms with Crippen LogP contribution in [0.1, 0.15) is 31.2 Å². The first-order valence-electron chi connectivity index (χ1n) is 7.61. The highest BCUT2D eigenvalue weighted by Gasteiger charge is 2.35. The van der Waals surface area contributed by atoms with Crippen LogP contribution >= 0.6 is 0 Å². The number of nitrogens with zero attached hydrogens (tertiary/aromatic N) is 1. The zero-order chi connectivity index (χ0) is 13.9. The van der Waals surface area contributed by atoms with E-state index in [0.717, 1.165) is 37.2 Å². The smallest absolute Gasteiger partial charge is 0.129 e. The summed E-state index contributed by atoms with van der Waals surface area (Å²) in [5.41, 5.74) is 1.82. The molecule has 1 heterocycles. The molecule has 2 unspecified atom stereocenters. The summed E-state index contributed by atoms with van der Waals surface area (Å²) in [4.78, 5) is 2.38. The Morgan fingerprint density at radius 2 is 2.20 bits per heavy atom. The van der Waals surface area contributed by atoms with Crippen LogP contribution in [-0.4, -0.2) is 32.3 Å². The number of morpholine rings is 1. The molecule has 4 heteroatoms. The number of rotatable bonds is 3. The average Bonchev–Trinajstić information content (AvgIpc) is 2.49. The van der Waals surface area contributed by atoms with Gasteiger partial charge in [0, 0.05) is 24.3 Å². The van der Waals surface area contributed by atoms with Gasteiger partial charge in [0.25, 0.3) is 0 Å². The third-order valence-electron chi connectivity index (χ3n) is 4.49. The monoisotopic (exact) mass is 278 g/mol. The van der Waals surface area contributed by atoms with Gasteiger partial charge in [-0.1, -0.05) is 18.9 Å². The average molecular weight is 278 g/mol. The number of halogens is 1. The first-order valence-corrected chi connectivity index (χ1v) is 7.61.